The number of hydrogen-bond acceptors (Lipinski definition) is 3. The lowest BCUT2D eigenvalue weighted by molar-refractivity contribution is 0.291. The quantitative estimate of drug-likeness (QED) is 0.784. The van der Waals surface area contributed by atoms with Gasteiger partial charge in [0.15, 0.2) is 5.82 Å². The molecule has 5 heteroatoms. The molecule has 1 aromatic rings. The first kappa shape index (κ1) is 14.2. The standard InChI is InChI=1S/C14H21F2N3/c1-3-19(8-11-6-4-10(2)5-7-11)14-12(15)13(16)17-9-18-14/h9-11H,3-8H2,1-2H3/t10-,11-. The summed E-state index contributed by atoms with van der Waals surface area (Å²) in [5, 5.41) is 0. The van der Waals surface area contributed by atoms with Crippen molar-refractivity contribution >= 4 is 5.82 Å². The summed E-state index contributed by atoms with van der Waals surface area (Å²) < 4.78 is 26.9. The molecule has 3 nitrogen and oxygen atoms in total. The van der Waals surface area contributed by atoms with Gasteiger partial charge in [-0.2, -0.15) is 8.78 Å². The highest BCUT2D eigenvalue weighted by Gasteiger charge is 2.23. The monoisotopic (exact) mass is 269 g/mol. The molecule has 0 spiro atoms. The normalized spacial score (nSPS) is 23.4. The summed E-state index contributed by atoms with van der Waals surface area (Å²) in [4.78, 5) is 8.94. The van der Waals surface area contributed by atoms with Crippen LogP contribution >= 0.6 is 0 Å². The van der Waals surface area contributed by atoms with E-state index in [1.165, 1.54) is 12.8 Å². The molecule has 0 amide bonds. The third-order valence-electron chi connectivity index (χ3n) is 4.02. The van der Waals surface area contributed by atoms with Crippen LogP contribution < -0.4 is 4.90 Å². The molecule has 0 radical (unpaired) electrons. The molecule has 0 aliphatic heterocycles. The number of aromatic nitrogens is 2. The van der Waals surface area contributed by atoms with Gasteiger partial charge in [-0.25, -0.2) is 9.97 Å². The number of rotatable bonds is 4. The molecule has 0 unspecified atom stereocenters. The summed E-state index contributed by atoms with van der Waals surface area (Å²) in [6.07, 6.45) is 5.85. The smallest absolute Gasteiger partial charge is 0.254 e. The maximum absolute atomic E-state index is 13.7. The molecule has 2 rings (SSSR count). The Morgan fingerprint density at radius 3 is 2.53 bits per heavy atom. The van der Waals surface area contributed by atoms with Crippen LogP contribution in [0.4, 0.5) is 14.6 Å². The molecular formula is C14H21F2N3. The molecule has 1 saturated carbocycles. The van der Waals surface area contributed by atoms with E-state index in [4.69, 9.17) is 0 Å². The van der Waals surface area contributed by atoms with Gasteiger partial charge in [0, 0.05) is 13.1 Å². The van der Waals surface area contributed by atoms with E-state index in [0.29, 0.717) is 12.5 Å². The summed E-state index contributed by atoms with van der Waals surface area (Å²) in [7, 11) is 0. The Kier molecular flexibility index (Phi) is 4.66. The van der Waals surface area contributed by atoms with Crippen molar-refractivity contribution in [2.45, 2.75) is 39.5 Å². The van der Waals surface area contributed by atoms with Gasteiger partial charge in [-0.3, -0.25) is 0 Å². The van der Waals surface area contributed by atoms with Crippen LogP contribution in [0.3, 0.4) is 0 Å². The third kappa shape index (κ3) is 3.39. The molecular weight excluding hydrogens is 248 g/mol. The summed E-state index contributed by atoms with van der Waals surface area (Å²) in [5.41, 5.74) is 0. The number of anilines is 1. The Bertz CT molecular complexity index is 417. The van der Waals surface area contributed by atoms with E-state index in [1.54, 1.807) is 0 Å². The van der Waals surface area contributed by atoms with Crippen molar-refractivity contribution in [2.75, 3.05) is 18.0 Å². The Hall–Kier alpha value is -1.26. The molecule has 1 aliphatic carbocycles. The second-order valence-electron chi connectivity index (χ2n) is 5.47. The lowest BCUT2D eigenvalue weighted by atomic mass is 9.83. The first-order valence-electron chi connectivity index (χ1n) is 7.02. The lowest BCUT2D eigenvalue weighted by Gasteiger charge is -2.31. The van der Waals surface area contributed by atoms with Crippen molar-refractivity contribution in [3.63, 3.8) is 0 Å². The average Bonchev–Trinajstić information content (AvgIpc) is 2.42. The highest BCUT2D eigenvalue weighted by Crippen LogP contribution is 2.30. The SMILES string of the molecule is CCN(C[C@H]1CC[C@H](C)CC1)c1ncnc(F)c1F. The number of hydrogen-bond donors (Lipinski definition) is 0. The molecule has 0 N–H and O–H groups in total. The Morgan fingerprint density at radius 1 is 1.21 bits per heavy atom. The van der Waals surface area contributed by atoms with E-state index in [9.17, 15) is 8.78 Å². The van der Waals surface area contributed by atoms with Crippen LogP contribution in [0.15, 0.2) is 6.33 Å². The van der Waals surface area contributed by atoms with Crippen molar-refractivity contribution in [1.29, 1.82) is 0 Å². The zero-order valence-electron chi connectivity index (χ0n) is 11.6. The first-order valence-corrected chi connectivity index (χ1v) is 7.02. The summed E-state index contributed by atoms with van der Waals surface area (Å²) in [5.74, 6) is -0.573. The van der Waals surface area contributed by atoms with Crippen LogP contribution in [0.25, 0.3) is 0 Å². The highest BCUT2D eigenvalue weighted by atomic mass is 19.2. The zero-order valence-corrected chi connectivity index (χ0v) is 11.6. The van der Waals surface area contributed by atoms with Gasteiger partial charge in [-0.1, -0.05) is 19.8 Å². The minimum atomic E-state index is -1.07. The van der Waals surface area contributed by atoms with Crippen molar-refractivity contribution in [3.05, 3.63) is 18.1 Å². The zero-order chi connectivity index (χ0) is 13.8. The van der Waals surface area contributed by atoms with Crippen LogP contribution in [0.2, 0.25) is 0 Å². The third-order valence-corrected chi connectivity index (χ3v) is 4.02. The fourth-order valence-corrected chi connectivity index (χ4v) is 2.75. The predicted molar refractivity (Wildman–Crippen MR) is 71.0 cm³/mol. The van der Waals surface area contributed by atoms with Gasteiger partial charge < -0.3 is 4.90 Å². The topological polar surface area (TPSA) is 29.0 Å². The van der Waals surface area contributed by atoms with E-state index in [-0.39, 0.29) is 5.82 Å². The molecule has 19 heavy (non-hydrogen) atoms. The summed E-state index contributed by atoms with van der Waals surface area (Å²) in [6, 6.07) is 0. The largest absolute Gasteiger partial charge is 0.354 e. The molecule has 1 aromatic heterocycles. The summed E-state index contributed by atoms with van der Waals surface area (Å²) >= 11 is 0. The molecule has 0 atom stereocenters. The van der Waals surface area contributed by atoms with Gasteiger partial charge in [0.1, 0.15) is 6.33 Å². The molecule has 1 fully saturated rings. The number of nitrogens with zero attached hydrogens (tertiary/aromatic N) is 3. The molecule has 0 bridgehead atoms. The van der Waals surface area contributed by atoms with E-state index < -0.39 is 11.8 Å². The van der Waals surface area contributed by atoms with Crippen molar-refractivity contribution in [1.82, 2.24) is 9.97 Å². The predicted octanol–water partition coefficient (Wildman–Crippen LogP) is 3.41. The van der Waals surface area contributed by atoms with Crippen LogP contribution in [0, 0.1) is 23.6 Å². The molecule has 106 valence electrons. The maximum Gasteiger partial charge on any atom is 0.254 e. The van der Waals surface area contributed by atoms with E-state index >= 15 is 0 Å². The minimum Gasteiger partial charge on any atom is -0.354 e. The second-order valence-corrected chi connectivity index (χ2v) is 5.47. The molecule has 1 aliphatic rings. The average molecular weight is 269 g/mol. The molecule has 1 heterocycles. The minimum absolute atomic E-state index is 0.0913. The van der Waals surface area contributed by atoms with Gasteiger partial charge in [0.05, 0.1) is 0 Å². The van der Waals surface area contributed by atoms with E-state index in [0.717, 1.165) is 31.6 Å². The van der Waals surface area contributed by atoms with Crippen LogP contribution in [-0.2, 0) is 0 Å². The summed E-state index contributed by atoms with van der Waals surface area (Å²) in [6.45, 7) is 5.58. The fraction of sp³-hybridized carbons (Fsp3) is 0.714. The van der Waals surface area contributed by atoms with Gasteiger partial charge in [0.2, 0.25) is 5.82 Å². The second kappa shape index (κ2) is 6.26. The highest BCUT2D eigenvalue weighted by molar-refractivity contribution is 5.38. The molecule has 0 aromatic carbocycles. The van der Waals surface area contributed by atoms with Crippen molar-refractivity contribution in [2.24, 2.45) is 11.8 Å². The van der Waals surface area contributed by atoms with Gasteiger partial charge in [-0.05, 0) is 31.6 Å². The lowest BCUT2D eigenvalue weighted by Crippen LogP contribution is -2.32. The van der Waals surface area contributed by atoms with Crippen LogP contribution in [0.5, 0.6) is 0 Å². The fourth-order valence-electron chi connectivity index (χ4n) is 2.75. The maximum atomic E-state index is 13.7. The van der Waals surface area contributed by atoms with E-state index in [1.807, 2.05) is 11.8 Å². The molecule has 0 saturated heterocycles. The number of halogens is 2. The van der Waals surface area contributed by atoms with Gasteiger partial charge in [-0.15, -0.1) is 0 Å². The van der Waals surface area contributed by atoms with Crippen LogP contribution in [0.1, 0.15) is 39.5 Å². The Balaban J connectivity index is 2.05. The van der Waals surface area contributed by atoms with E-state index in [2.05, 4.69) is 16.9 Å². The van der Waals surface area contributed by atoms with Crippen molar-refractivity contribution < 1.29 is 8.78 Å². The Labute approximate surface area is 113 Å². The van der Waals surface area contributed by atoms with Crippen molar-refractivity contribution in [3.8, 4) is 0 Å². The van der Waals surface area contributed by atoms with Gasteiger partial charge in [0.25, 0.3) is 5.95 Å². The Morgan fingerprint density at radius 2 is 1.89 bits per heavy atom. The van der Waals surface area contributed by atoms with Gasteiger partial charge >= 0.3 is 0 Å². The van der Waals surface area contributed by atoms with Crippen LogP contribution in [-0.4, -0.2) is 23.1 Å². The first-order chi connectivity index (χ1) is 9.11.